The molecule has 0 saturated carbocycles. The van der Waals surface area contributed by atoms with E-state index in [1.54, 1.807) is 0 Å². The Morgan fingerprint density at radius 2 is 0.895 bits per heavy atom. The van der Waals surface area contributed by atoms with Gasteiger partial charge in [0.2, 0.25) is 11.4 Å². The minimum absolute atomic E-state index is 1.09. The number of hydrogen-bond donors (Lipinski definition) is 0. The maximum Gasteiger partial charge on any atom is 0.202 e. The van der Waals surface area contributed by atoms with Gasteiger partial charge in [-0.1, -0.05) is 62.1 Å². The lowest BCUT2D eigenvalue weighted by atomic mass is 10.1. The predicted octanol–water partition coefficient (Wildman–Crippen LogP) is 7.21. The summed E-state index contributed by atoms with van der Waals surface area (Å²) in [6, 6.07) is 22.3. The summed E-state index contributed by atoms with van der Waals surface area (Å²) in [5, 5.41) is 5.51. The second kappa shape index (κ2) is 10.2. The normalized spacial score (nSPS) is 12.0. The highest BCUT2D eigenvalue weighted by atomic mass is 15.0. The highest BCUT2D eigenvalue weighted by Crippen LogP contribution is 2.31. The topological polar surface area (TPSA) is 17.6 Å². The molecular formula is C34H40N4+2. The zero-order valence-electron chi connectivity index (χ0n) is 23.4. The van der Waals surface area contributed by atoms with Crippen molar-refractivity contribution >= 4 is 43.6 Å². The van der Waals surface area contributed by atoms with Crippen LogP contribution in [0.1, 0.15) is 49.9 Å². The lowest BCUT2D eigenvalue weighted by Gasteiger charge is -2.09. The molecule has 6 aromatic rings. The molecule has 0 atom stereocenters. The number of para-hydroxylation sites is 2. The molecule has 2 aromatic carbocycles. The third kappa shape index (κ3) is 4.16. The van der Waals surface area contributed by atoms with Crippen LogP contribution < -0.4 is 9.13 Å². The van der Waals surface area contributed by atoms with Crippen molar-refractivity contribution < 1.29 is 9.13 Å². The minimum Gasteiger partial charge on any atom is -0.335 e. The fraction of sp³-hybridized carbons (Fsp3) is 0.353. The van der Waals surface area contributed by atoms with E-state index < -0.39 is 0 Å². The van der Waals surface area contributed by atoms with Crippen LogP contribution in [0.15, 0.2) is 73.1 Å². The third-order valence-electron chi connectivity index (χ3n) is 8.71. The van der Waals surface area contributed by atoms with E-state index >= 15 is 0 Å². The van der Waals surface area contributed by atoms with E-state index in [0.29, 0.717) is 0 Å². The van der Waals surface area contributed by atoms with Gasteiger partial charge < -0.3 is 9.13 Å². The first-order valence-electron chi connectivity index (χ1n) is 14.3. The van der Waals surface area contributed by atoms with Crippen LogP contribution in [0.3, 0.4) is 0 Å². The summed E-state index contributed by atoms with van der Waals surface area (Å²) < 4.78 is 9.61. The number of rotatable bonds is 9. The van der Waals surface area contributed by atoms with Crippen molar-refractivity contribution in [3.63, 3.8) is 0 Å². The van der Waals surface area contributed by atoms with Crippen molar-refractivity contribution in [1.29, 1.82) is 0 Å². The van der Waals surface area contributed by atoms with E-state index in [9.17, 15) is 0 Å². The number of fused-ring (bicyclic) bond motifs is 6. The van der Waals surface area contributed by atoms with E-state index in [1.165, 1.54) is 93.5 Å². The number of nitrogens with zero attached hydrogens (tertiary/aromatic N) is 4. The van der Waals surface area contributed by atoms with Crippen LogP contribution in [0.25, 0.3) is 43.6 Å². The fourth-order valence-electron chi connectivity index (χ4n) is 6.42. The fourth-order valence-corrected chi connectivity index (χ4v) is 6.42. The maximum absolute atomic E-state index is 2.56. The smallest absolute Gasteiger partial charge is 0.202 e. The first-order valence-corrected chi connectivity index (χ1v) is 14.3. The first kappa shape index (κ1) is 24.7. The first-order chi connectivity index (χ1) is 18.6. The molecule has 38 heavy (non-hydrogen) atoms. The molecule has 4 aromatic heterocycles. The minimum atomic E-state index is 1.09. The summed E-state index contributed by atoms with van der Waals surface area (Å²) in [5.74, 6) is 0. The Kier molecular flexibility index (Phi) is 6.65. The molecule has 0 unspecified atom stereocenters. The van der Waals surface area contributed by atoms with Gasteiger partial charge in [-0.2, -0.15) is 0 Å². The molecule has 0 spiro atoms. The van der Waals surface area contributed by atoms with Crippen LogP contribution >= 0.6 is 0 Å². The van der Waals surface area contributed by atoms with Crippen molar-refractivity contribution in [2.24, 2.45) is 14.1 Å². The van der Waals surface area contributed by atoms with Crippen molar-refractivity contribution in [2.75, 3.05) is 0 Å². The lowest BCUT2D eigenvalue weighted by molar-refractivity contribution is -0.676. The van der Waals surface area contributed by atoms with Crippen LogP contribution in [-0.4, -0.2) is 9.13 Å². The Morgan fingerprint density at radius 1 is 0.500 bits per heavy atom. The Hall–Kier alpha value is -3.66. The maximum atomic E-state index is 2.56. The number of unbranched alkanes of at least 4 members (excludes halogenated alkanes) is 5. The van der Waals surface area contributed by atoms with E-state index in [-0.39, 0.29) is 0 Å². The van der Waals surface area contributed by atoms with Crippen LogP contribution in [0.2, 0.25) is 0 Å². The Bertz CT molecular complexity index is 1640. The molecule has 0 aliphatic heterocycles. The zero-order valence-corrected chi connectivity index (χ0v) is 23.4. The highest BCUT2D eigenvalue weighted by Gasteiger charge is 2.18. The molecule has 0 N–H and O–H groups in total. The molecule has 6 rings (SSSR count). The van der Waals surface area contributed by atoms with Crippen molar-refractivity contribution in [2.45, 2.75) is 65.5 Å². The Morgan fingerprint density at radius 3 is 1.34 bits per heavy atom. The molecule has 4 heteroatoms. The van der Waals surface area contributed by atoms with E-state index in [4.69, 9.17) is 0 Å². The average molecular weight is 505 g/mol. The van der Waals surface area contributed by atoms with Gasteiger partial charge in [0.25, 0.3) is 0 Å². The number of aromatic nitrogens is 4. The van der Waals surface area contributed by atoms with Gasteiger partial charge in [0.1, 0.15) is 25.1 Å². The van der Waals surface area contributed by atoms with Crippen LogP contribution in [0.5, 0.6) is 0 Å². The standard InChI is InChI=1S/C34H40N4/c1-25-33-29(19-23-35(25)3)27-15-9-11-17-31(27)37(33)21-13-7-5-6-8-14-22-38-32-18-12-10-16-28(32)30-20-24-36(4)26(2)34(30)38/h9-12,15-20,23-24H,5-8,13-14,21-22H2,1-4H3/q+2. The summed E-state index contributed by atoms with van der Waals surface area (Å²) in [6.45, 7) is 6.67. The SMILES string of the molecule is Cc1c2c(cc[n+]1C)c1ccccc1n2CCCCCCCCn1c2ccccc2c2cc[n+](C)c(C)c21. The second-order valence-electron chi connectivity index (χ2n) is 11.0. The van der Waals surface area contributed by atoms with Gasteiger partial charge in [-0.05, 0) is 25.0 Å². The molecule has 0 saturated heterocycles. The van der Waals surface area contributed by atoms with Crippen molar-refractivity contribution in [1.82, 2.24) is 9.13 Å². The molecule has 0 fully saturated rings. The summed E-state index contributed by atoms with van der Waals surface area (Å²) in [5.41, 5.74) is 8.20. The molecule has 4 heterocycles. The van der Waals surface area contributed by atoms with Crippen LogP contribution in [0, 0.1) is 13.8 Å². The van der Waals surface area contributed by atoms with Crippen LogP contribution in [0.4, 0.5) is 0 Å². The highest BCUT2D eigenvalue weighted by molar-refractivity contribution is 6.09. The van der Waals surface area contributed by atoms with Gasteiger partial charge in [0.15, 0.2) is 12.4 Å². The van der Waals surface area contributed by atoms with Gasteiger partial charge >= 0.3 is 0 Å². The van der Waals surface area contributed by atoms with Gasteiger partial charge in [-0.15, -0.1) is 0 Å². The quantitative estimate of drug-likeness (QED) is 0.146. The number of benzene rings is 2. The number of aryl methyl sites for hydroxylation is 6. The Balaban J connectivity index is 1.07. The average Bonchev–Trinajstić information content (AvgIpc) is 3.43. The van der Waals surface area contributed by atoms with Gasteiger partial charge in [-0.25, -0.2) is 9.13 Å². The second-order valence-corrected chi connectivity index (χ2v) is 11.0. The zero-order chi connectivity index (χ0) is 26.2. The van der Waals surface area contributed by atoms with Crippen LogP contribution in [-0.2, 0) is 27.2 Å². The molecule has 0 radical (unpaired) electrons. The summed E-state index contributed by atoms with van der Waals surface area (Å²) in [6.07, 6.45) is 12.0. The monoisotopic (exact) mass is 504 g/mol. The van der Waals surface area contributed by atoms with Gasteiger partial charge in [-0.3, -0.25) is 0 Å². The largest absolute Gasteiger partial charge is 0.335 e. The molecule has 0 aliphatic rings. The summed E-state index contributed by atoms with van der Waals surface area (Å²) in [4.78, 5) is 0. The van der Waals surface area contributed by atoms with Crippen molar-refractivity contribution in [3.05, 3.63) is 84.4 Å². The van der Waals surface area contributed by atoms with Crippen molar-refractivity contribution in [3.8, 4) is 0 Å². The summed E-state index contributed by atoms with van der Waals surface area (Å²) >= 11 is 0. The van der Waals surface area contributed by atoms with E-state index in [2.05, 4.69) is 119 Å². The van der Waals surface area contributed by atoms with E-state index in [1.807, 2.05) is 0 Å². The molecule has 194 valence electrons. The third-order valence-corrected chi connectivity index (χ3v) is 8.71. The molecule has 0 aliphatic carbocycles. The number of pyridine rings is 2. The molecule has 0 bridgehead atoms. The van der Waals surface area contributed by atoms with Gasteiger partial charge in [0, 0.05) is 71.6 Å². The lowest BCUT2D eigenvalue weighted by Crippen LogP contribution is -2.31. The number of hydrogen-bond acceptors (Lipinski definition) is 0. The predicted molar refractivity (Wildman–Crippen MR) is 158 cm³/mol. The van der Waals surface area contributed by atoms with Gasteiger partial charge in [0.05, 0.1) is 0 Å². The molecule has 4 nitrogen and oxygen atoms in total. The van der Waals surface area contributed by atoms with E-state index in [0.717, 1.165) is 13.1 Å². The molecule has 0 amide bonds. The molecular weight excluding hydrogens is 464 g/mol. The summed E-state index contributed by atoms with van der Waals surface area (Å²) in [7, 11) is 4.30. The Labute approximate surface area is 225 Å².